The SMILES string of the molecule is CCOc1ccc(NC(=S)NC(=O)/C=C/c2cccc([N+](=O)[O-])c2)cc1. The number of amides is 1. The average Bonchev–Trinajstić information content (AvgIpc) is 2.62. The van der Waals surface area contributed by atoms with Gasteiger partial charge >= 0.3 is 0 Å². The van der Waals surface area contributed by atoms with Crippen molar-refractivity contribution in [2.24, 2.45) is 0 Å². The zero-order chi connectivity index (χ0) is 18.9. The molecule has 0 unspecified atom stereocenters. The lowest BCUT2D eigenvalue weighted by atomic mass is 10.2. The van der Waals surface area contributed by atoms with Crippen LogP contribution in [0.15, 0.2) is 54.6 Å². The predicted octanol–water partition coefficient (Wildman–Crippen LogP) is 3.52. The van der Waals surface area contributed by atoms with E-state index in [1.54, 1.807) is 36.4 Å². The minimum absolute atomic E-state index is 0.0414. The number of anilines is 1. The third-order valence-electron chi connectivity index (χ3n) is 3.17. The van der Waals surface area contributed by atoms with Crippen LogP contribution in [0.3, 0.4) is 0 Å². The van der Waals surface area contributed by atoms with Gasteiger partial charge in [-0.05, 0) is 55.0 Å². The lowest BCUT2D eigenvalue weighted by Crippen LogP contribution is -2.32. The highest BCUT2D eigenvalue weighted by Crippen LogP contribution is 2.16. The van der Waals surface area contributed by atoms with Gasteiger partial charge in [0.15, 0.2) is 5.11 Å². The number of hydrogen-bond acceptors (Lipinski definition) is 5. The zero-order valence-electron chi connectivity index (χ0n) is 14.0. The number of nitro benzene ring substituents is 1. The fourth-order valence-electron chi connectivity index (χ4n) is 2.03. The van der Waals surface area contributed by atoms with E-state index in [0.29, 0.717) is 17.9 Å². The van der Waals surface area contributed by atoms with Crippen LogP contribution in [0, 0.1) is 10.1 Å². The molecule has 26 heavy (non-hydrogen) atoms. The first-order valence-corrected chi connectivity index (χ1v) is 8.16. The molecule has 1 amide bonds. The fourth-order valence-corrected chi connectivity index (χ4v) is 2.25. The smallest absolute Gasteiger partial charge is 0.270 e. The van der Waals surface area contributed by atoms with Gasteiger partial charge in [0, 0.05) is 23.9 Å². The van der Waals surface area contributed by atoms with Gasteiger partial charge in [-0.2, -0.15) is 0 Å². The van der Waals surface area contributed by atoms with E-state index in [1.165, 1.54) is 24.3 Å². The van der Waals surface area contributed by atoms with Crippen LogP contribution in [0.2, 0.25) is 0 Å². The quantitative estimate of drug-likeness (QED) is 0.349. The average molecular weight is 371 g/mol. The Hall–Kier alpha value is -3.26. The summed E-state index contributed by atoms with van der Waals surface area (Å²) in [6.45, 7) is 2.48. The Kier molecular flexibility index (Phi) is 6.81. The molecule has 0 aliphatic carbocycles. The molecule has 0 radical (unpaired) electrons. The van der Waals surface area contributed by atoms with Crippen LogP contribution >= 0.6 is 12.2 Å². The molecule has 2 rings (SSSR count). The van der Waals surface area contributed by atoms with Gasteiger partial charge in [0.2, 0.25) is 5.91 Å². The fraction of sp³-hybridized carbons (Fsp3) is 0.111. The molecule has 2 aromatic rings. The molecule has 0 heterocycles. The van der Waals surface area contributed by atoms with Gasteiger partial charge in [-0.3, -0.25) is 20.2 Å². The molecule has 0 aromatic heterocycles. The molecule has 2 N–H and O–H groups in total. The highest BCUT2D eigenvalue weighted by molar-refractivity contribution is 7.80. The minimum Gasteiger partial charge on any atom is -0.494 e. The minimum atomic E-state index is -0.493. The summed E-state index contributed by atoms with van der Waals surface area (Å²) in [7, 11) is 0. The van der Waals surface area contributed by atoms with Crippen LogP contribution in [0.1, 0.15) is 12.5 Å². The second-order valence-electron chi connectivity index (χ2n) is 5.09. The molecule has 0 spiro atoms. The van der Waals surface area contributed by atoms with Gasteiger partial charge in [-0.25, -0.2) is 0 Å². The number of carbonyl (C=O) groups excluding carboxylic acids is 1. The maximum absolute atomic E-state index is 11.9. The van der Waals surface area contributed by atoms with Crippen molar-refractivity contribution in [3.63, 3.8) is 0 Å². The summed E-state index contributed by atoms with van der Waals surface area (Å²) >= 11 is 5.08. The number of thiocarbonyl (C=S) groups is 1. The van der Waals surface area contributed by atoms with Gasteiger partial charge < -0.3 is 10.1 Å². The molecule has 0 aliphatic rings. The van der Waals surface area contributed by atoms with Gasteiger partial charge in [0.1, 0.15) is 5.75 Å². The first kappa shape index (κ1) is 19.1. The van der Waals surface area contributed by atoms with E-state index in [0.717, 1.165) is 5.75 Å². The van der Waals surface area contributed by atoms with Crippen molar-refractivity contribution in [1.29, 1.82) is 0 Å². The number of benzene rings is 2. The summed E-state index contributed by atoms with van der Waals surface area (Å²) in [6.07, 6.45) is 2.73. The topological polar surface area (TPSA) is 93.5 Å². The van der Waals surface area contributed by atoms with Gasteiger partial charge in [-0.1, -0.05) is 12.1 Å². The van der Waals surface area contributed by atoms with Crippen molar-refractivity contribution < 1.29 is 14.5 Å². The van der Waals surface area contributed by atoms with Crippen molar-refractivity contribution in [3.8, 4) is 5.75 Å². The van der Waals surface area contributed by atoms with Crippen LogP contribution in [0.25, 0.3) is 6.08 Å². The normalized spacial score (nSPS) is 10.3. The van der Waals surface area contributed by atoms with Crippen molar-refractivity contribution in [2.45, 2.75) is 6.92 Å². The maximum atomic E-state index is 11.9. The van der Waals surface area contributed by atoms with Gasteiger partial charge in [-0.15, -0.1) is 0 Å². The third-order valence-corrected chi connectivity index (χ3v) is 3.37. The predicted molar refractivity (Wildman–Crippen MR) is 104 cm³/mol. The molecule has 7 nitrogen and oxygen atoms in total. The number of nitrogens with one attached hydrogen (secondary N) is 2. The number of hydrogen-bond donors (Lipinski definition) is 2. The Balaban J connectivity index is 1.89. The van der Waals surface area contributed by atoms with E-state index >= 15 is 0 Å². The van der Waals surface area contributed by atoms with E-state index in [4.69, 9.17) is 17.0 Å². The number of nitrogens with zero attached hydrogens (tertiary/aromatic N) is 1. The largest absolute Gasteiger partial charge is 0.494 e. The van der Waals surface area contributed by atoms with Crippen LogP contribution in [-0.2, 0) is 4.79 Å². The molecule has 0 bridgehead atoms. The van der Waals surface area contributed by atoms with E-state index < -0.39 is 10.8 Å². The lowest BCUT2D eigenvalue weighted by molar-refractivity contribution is -0.384. The van der Waals surface area contributed by atoms with Crippen molar-refractivity contribution >= 4 is 40.7 Å². The highest BCUT2D eigenvalue weighted by Gasteiger charge is 2.05. The molecular formula is C18H17N3O4S. The number of nitro groups is 1. The van der Waals surface area contributed by atoms with Crippen molar-refractivity contribution in [1.82, 2.24) is 5.32 Å². The first-order valence-electron chi connectivity index (χ1n) is 7.75. The summed E-state index contributed by atoms with van der Waals surface area (Å²) in [4.78, 5) is 22.1. The van der Waals surface area contributed by atoms with Crippen LogP contribution in [-0.4, -0.2) is 22.5 Å². The Bertz CT molecular complexity index is 835. The van der Waals surface area contributed by atoms with Crippen molar-refractivity contribution in [3.05, 3.63) is 70.3 Å². The lowest BCUT2D eigenvalue weighted by Gasteiger charge is -2.09. The van der Waals surface area contributed by atoms with E-state index in [-0.39, 0.29) is 10.8 Å². The second-order valence-corrected chi connectivity index (χ2v) is 5.49. The Labute approximate surface area is 155 Å². The molecule has 0 aliphatic heterocycles. The molecular weight excluding hydrogens is 354 g/mol. The summed E-state index contributed by atoms with van der Waals surface area (Å²) < 4.78 is 5.35. The van der Waals surface area contributed by atoms with E-state index in [2.05, 4.69) is 10.6 Å². The van der Waals surface area contributed by atoms with Crippen molar-refractivity contribution in [2.75, 3.05) is 11.9 Å². The zero-order valence-corrected chi connectivity index (χ0v) is 14.8. The number of non-ortho nitro benzene ring substituents is 1. The highest BCUT2D eigenvalue weighted by atomic mass is 32.1. The second kappa shape index (κ2) is 9.28. The maximum Gasteiger partial charge on any atom is 0.270 e. The summed E-state index contributed by atoms with van der Waals surface area (Å²) in [5.74, 6) is 0.299. The standard InChI is InChI=1S/C18H17N3O4S/c1-2-25-16-9-7-14(8-10-16)19-18(26)20-17(22)11-6-13-4-3-5-15(12-13)21(23)24/h3-12H,2H2,1H3,(H2,19,20,22,26)/b11-6+. The first-order chi connectivity index (χ1) is 12.5. The summed E-state index contributed by atoms with van der Waals surface area (Å²) in [5.41, 5.74) is 1.21. The Morgan fingerprint density at radius 2 is 2.00 bits per heavy atom. The van der Waals surface area contributed by atoms with E-state index in [9.17, 15) is 14.9 Å². The Morgan fingerprint density at radius 3 is 2.65 bits per heavy atom. The van der Waals surface area contributed by atoms with Gasteiger partial charge in [0.25, 0.3) is 5.69 Å². The molecule has 0 saturated heterocycles. The van der Waals surface area contributed by atoms with Crippen LogP contribution in [0.5, 0.6) is 5.75 Å². The molecule has 134 valence electrons. The molecule has 8 heteroatoms. The number of ether oxygens (including phenoxy) is 1. The molecule has 0 saturated carbocycles. The van der Waals surface area contributed by atoms with E-state index in [1.807, 2.05) is 6.92 Å². The molecule has 0 atom stereocenters. The molecule has 2 aromatic carbocycles. The summed E-state index contributed by atoms with van der Waals surface area (Å²) in [5, 5.41) is 16.3. The number of carbonyl (C=O) groups is 1. The number of rotatable bonds is 6. The monoisotopic (exact) mass is 371 g/mol. The van der Waals surface area contributed by atoms with Crippen LogP contribution < -0.4 is 15.4 Å². The van der Waals surface area contributed by atoms with Gasteiger partial charge in [0.05, 0.1) is 11.5 Å². The third kappa shape index (κ3) is 5.99. The molecule has 0 fully saturated rings. The van der Waals surface area contributed by atoms with Crippen LogP contribution in [0.4, 0.5) is 11.4 Å². The summed E-state index contributed by atoms with van der Waals surface area (Å²) in [6, 6.07) is 13.1. The Morgan fingerprint density at radius 1 is 1.27 bits per heavy atom.